The molecule has 0 saturated carbocycles. The summed E-state index contributed by atoms with van der Waals surface area (Å²) in [5.74, 6) is -1.18. The number of sulfonamides is 1. The van der Waals surface area contributed by atoms with Crippen LogP contribution in [0.2, 0.25) is 5.02 Å². The fourth-order valence-electron chi connectivity index (χ4n) is 1.88. The van der Waals surface area contributed by atoms with E-state index in [1.165, 1.54) is 31.2 Å². The minimum Gasteiger partial charge on any atom is -0.478 e. The SMILES string of the molecule is Cc1c(C(=O)O)cccc1S(=O)(=O)Nc1ccccc1Cl. The van der Waals surface area contributed by atoms with Crippen LogP contribution in [0.3, 0.4) is 0 Å². The monoisotopic (exact) mass is 325 g/mol. The van der Waals surface area contributed by atoms with Crippen LogP contribution in [0.15, 0.2) is 47.4 Å². The summed E-state index contributed by atoms with van der Waals surface area (Å²) in [4.78, 5) is 11.0. The third-order valence-electron chi connectivity index (χ3n) is 2.92. The Bertz CT molecular complexity index is 802. The van der Waals surface area contributed by atoms with E-state index in [1.54, 1.807) is 18.2 Å². The lowest BCUT2D eigenvalue weighted by Gasteiger charge is -2.12. The van der Waals surface area contributed by atoms with Crippen molar-refractivity contribution < 1.29 is 18.3 Å². The van der Waals surface area contributed by atoms with E-state index < -0.39 is 16.0 Å². The van der Waals surface area contributed by atoms with E-state index in [1.807, 2.05) is 0 Å². The maximum absolute atomic E-state index is 12.4. The number of rotatable bonds is 4. The van der Waals surface area contributed by atoms with Gasteiger partial charge in [-0.3, -0.25) is 4.72 Å². The molecule has 0 atom stereocenters. The fourth-order valence-corrected chi connectivity index (χ4v) is 3.47. The summed E-state index contributed by atoms with van der Waals surface area (Å²) in [7, 11) is -3.92. The van der Waals surface area contributed by atoms with E-state index in [9.17, 15) is 13.2 Å². The van der Waals surface area contributed by atoms with Crippen molar-refractivity contribution in [2.24, 2.45) is 0 Å². The molecule has 2 N–H and O–H groups in total. The van der Waals surface area contributed by atoms with Crippen molar-refractivity contribution >= 4 is 33.3 Å². The topological polar surface area (TPSA) is 83.5 Å². The van der Waals surface area contributed by atoms with Gasteiger partial charge in [0.15, 0.2) is 0 Å². The molecule has 2 aromatic carbocycles. The molecular formula is C14H12ClNO4S. The van der Waals surface area contributed by atoms with Gasteiger partial charge in [-0.25, -0.2) is 13.2 Å². The first-order valence-electron chi connectivity index (χ1n) is 5.93. The highest BCUT2D eigenvalue weighted by Crippen LogP contribution is 2.26. The van der Waals surface area contributed by atoms with Crippen molar-refractivity contribution in [1.82, 2.24) is 0 Å². The van der Waals surface area contributed by atoms with Crippen LogP contribution in [0.5, 0.6) is 0 Å². The molecule has 0 fully saturated rings. The van der Waals surface area contributed by atoms with Crippen LogP contribution in [0, 0.1) is 6.92 Å². The summed E-state index contributed by atoms with van der Waals surface area (Å²) in [6, 6.07) is 10.5. The second-order valence-corrected chi connectivity index (χ2v) is 6.38. The van der Waals surface area contributed by atoms with Gasteiger partial charge in [0.1, 0.15) is 0 Å². The van der Waals surface area contributed by atoms with Crippen LogP contribution in [-0.4, -0.2) is 19.5 Å². The van der Waals surface area contributed by atoms with Gasteiger partial charge >= 0.3 is 5.97 Å². The van der Waals surface area contributed by atoms with Crippen LogP contribution in [0.1, 0.15) is 15.9 Å². The lowest BCUT2D eigenvalue weighted by Crippen LogP contribution is -2.16. The molecule has 0 amide bonds. The van der Waals surface area contributed by atoms with E-state index in [2.05, 4.69) is 4.72 Å². The highest BCUT2D eigenvalue weighted by Gasteiger charge is 2.21. The van der Waals surface area contributed by atoms with Crippen LogP contribution >= 0.6 is 11.6 Å². The molecule has 0 aromatic heterocycles. The Labute approximate surface area is 127 Å². The normalized spacial score (nSPS) is 11.1. The highest BCUT2D eigenvalue weighted by molar-refractivity contribution is 7.92. The smallest absolute Gasteiger partial charge is 0.335 e. The summed E-state index contributed by atoms with van der Waals surface area (Å²) >= 11 is 5.92. The summed E-state index contributed by atoms with van der Waals surface area (Å²) in [6.07, 6.45) is 0. The number of hydrogen-bond acceptors (Lipinski definition) is 3. The van der Waals surface area contributed by atoms with Gasteiger partial charge in [-0.2, -0.15) is 0 Å². The first-order chi connectivity index (χ1) is 9.83. The summed E-state index contributed by atoms with van der Waals surface area (Å²) in [5, 5.41) is 9.31. The van der Waals surface area contributed by atoms with Crippen molar-refractivity contribution in [3.05, 3.63) is 58.6 Å². The zero-order valence-corrected chi connectivity index (χ0v) is 12.6. The number of carbonyl (C=O) groups is 1. The molecule has 0 aliphatic heterocycles. The second kappa shape index (κ2) is 5.75. The van der Waals surface area contributed by atoms with Crippen LogP contribution in [-0.2, 0) is 10.0 Å². The molecule has 21 heavy (non-hydrogen) atoms. The fraction of sp³-hybridized carbons (Fsp3) is 0.0714. The quantitative estimate of drug-likeness (QED) is 0.904. The molecule has 0 saturated heterocycles. The molecule has 2 rings (SSSR count). The van der Waals surface area contributed by atoms with Gasteiger partial charge in [-0.05, 0) is 36.8 Å². The number of benzene rings is 2. The van der Waals surface area contributed by atoms with Gasteiger partial charge in [-0.15, -0.1) is 0 Å². The van der Waals surface area contributed by atoms with E-state index >= 15 is 0 Å². The second-order valence-electron chi connectivity index (χ2n) is 4.32. The Kier molecular flexibility index (Phi) is 4.20. The summed E-state index contributed by atoms with van der Waals surface area (Å²) in [5.41, 5.74) is 0.348. The van der Waals surface area contributed by atoms with Gasteiger partial charge in [-0.1, -0.05) is 29.8 Å². The minimum atomic E-state index is -3.92. The average Bonchev–Trinajstić information content (AvgIpc) is 2.41. The van der Waals surface area contributed by atoms with Crippen LogP contribution in [0.25, 0.3) is 0 Å². The number of nitrogens with one attached hydrogen (secondary N) is 1. The summed E-state index contributed by atoms with van der Waals surface area (Å²) < 4.78 is 27.1. The van der Waals surface area contributed by atoms with Crippen molar-refractivity contribution in [2.75, 3.05) is 4.72 Å². The maximum Gasteiger partial charge on any atom is 0.335 e. The van der Waals surface area contributed by atoms with Gasteiger partial charge < -0.3 is 5.11 Å². The van der Waals surface area contributed by atoms with Crippen molar-refractivity contribution in [1.29, 1.82) is 0 Å². The molecule has 5 nitrogen and oxygen atoms in total. The number of para-hydroxylation sites is 1. The lowest BCUT2D eigenvalue weighted by molar-refractivity contribution is 0.0696. The first kappa shape index (κ1) is 15.3. The van der Waals surface area contributed by atoms with E-state index in [0.717, 1.165) is 0 Å². The molecule has 0 spiro atoms. The van der Waals surface area contributed by atoms with Gasteiger partial charge in [0, 0.05) is 0 Å². The van der Waals surface area contributed by atoms with E-state index in [0.29, 0.717) is 0 Å². The number of carboxylic acid groups (broad SMARTS) is 1. The Morgan fingerprint density at radius 2 is 1.81 bits per heavy atom. The number of anilines is 1. The van der Waals surface area contributed by atoms with Crippen LogP contribution < -0.4 is 4.72 Å². The predicted octanol–water partition coefficient (Wildman–Crippen LogP) is 3.15. The maximum atomic E-state index is 12.4. The average molecular weight is 326 g/mol. The van der Waals surface area contributed by atoms with E-state index in [-0.39, 0.29) is 26.7 Å². The van der Waals surface area contributed by atoms with Gasteiger partial charge in [0.25, 0.3) is 10.0 Å². The Morgan fingerprint density at radius 3 is 2.43 bits per heavy atom. The van der Waals surface area contributed by atoms with Crippen molar-refractivity contribution in [3.8, 4) is 0 Å². The highest BCUT2D eigenvalue weighted by atomic mass is 35.5. The zero-order valence-electron chi connectivity index (χ0n) is 11.0. The first-order valence-corrected chi connectivity index (χ1v) is 7.79. The Hall–Kier alpha value is -2.05. The lowest BCUT2D eigenvalue weighted by atomic mass is 10.1. The molecule has 0 bridgehead atoms. The molecule has 7 heteroatoms. The molecular weight excluding hydrogens is 314 g/mol. The molecule has 110 valence electrons. The molecule has 0 aliphatic rings. The zero-order chi connectivity index (χ0) is 15.6. The minimum absolute atomic E-state index is 0.0583. The largest absolute Gasteiger partial charge is 0.478 e. The molecule has 0 heterocycles. The molecule has 2 aromatic rings. The number of hydrogen-bond donors (Lipinski definition) is 2. The standard InChI is InChI=1S/C14H12ClNO4S/c1-9-10(14(17)18)5-4-8-13(9)21(19,20)16-12-7-3-2-6-11(12)15/h2-8,16H,1H3,(H,17,18). The van der Waals surface area contributed by atoms with Gasteiger partial charge in [0.2, 0.25) is 0 Å². The molecule has 0 unspecified atom stereocenters. The molecule has 0 radical (unpaired) electrons. The summed E-state index contributed by atoms with van der Waals surface area (Å²) in [6.45, 7) is 1.45. The van der Waals surface area contributed by atoms with Gasteiger partial charge in [0.05, 0.1) is 21.2 Å². The van der Waals surface area contributed by atoms with Crippen LogP contribution in [0.4, 0.5) is 5.69 Å². The Morgan fingerprint density at radius 1 is 1.14 bits per heavy atom. The predicted molar refractivity (Wildman–Crippen MR) is 80.4 cm³/mol. The van der Waals surface area contributed by atoms with Crippen molar-refractivity contribution in [3.63, 3.8) is 0 Å². The number of aromatic carboxylic acids is 1. The third-order valence-corrected chi connectivity index (χ3v) is 4.76. The number of carboxylic acids is 1. The van der Waals surface area contributed by atoms with Crippen molar-refractivity contribution in [2.45, 2.75) is 11.8 Å². The number of halogens is 1. The third kappa shape index (κ3) is 3.17. The molecule has 0 aliphatic carbocycles. The van der Waals surface area contributed by atoms with E-state index in [4.69, 9.17) is 16.7 Å². The Balaban J connectivity index is 2.48.